The number of non-ortho nitro benzene ring substituents is 1. The third kappa shape index (κ3) is 9.03. The van der Waals surface area contributed by atoms with Gasteiger partial charge in [-0.15, -0.1) is 0 Å². The van der Waals surface area contributed by atoms with Gasteiger partial charge in [0.15, 0.2) is 0 Å². The first-order chi connectivity index (χ1) is 12.6. The summed E-state index contributed by atoms with van der Waals surface area (Å²) < 4.78 is 5.23. The maximum Gasteiger partial charge on any atom is 0.408 e. The largest absolute Gasteiger partial charge is 0.444 e. The second-order valence-corrected chi connectivity index (χ2v) is 7.32. The van der Waals surface area contributed by atoms with Crippen LogP contribution in [0.1, 0.15) is 52.5 Å². The fourth-order valence-electron chi connectivity index (χ4n) is 2.36. The standard InChI is InChI=1S/C19H29N3O5/c1-5-6-7-12-20-17(23)16(21-18(24)27-19(2,3)4)13-14-8-10-15(11-9-14)22(25)26/h8-11,16H,5-7,12-13H2,1-4H3,(H,20,23)(H,21,24)/t16-/m1/s1. The summed E-state index contributed by atoms with van der Waals surface area (Å²) in [5.74, 6) is -0.310. The van der Waals surface area contributed by atoms with Crippen LogP contribution in [-0.4, -0.2) is 35.1 Å². The van der Waals surface area contributed by atoms with Gasteiger partial charge in [-0.05, 0) is 32.8 Å². The summed E-state index contributed by atoms with van der Waals surface area (Å²) in [6, 6.07) is 5.07. The summed E-state index contributed by atoms with van der Waals surface area (Å²) in [4.78, 5) is 34.9. The molecule has 0 aliphatic carbocycles. The Morgan fingerprint density at radius 2 is 1.81 bits per heavy atom. The number of amides is 2. The van der Waals surface area contributed by atoms with E-state index in [0.717, 1.165) is 19.3 Å². The van der Waals surface area contributed by atoms with Gasteiger partial charge >= 0.3 is 6.09 Å². The number of hydrogen-bond acceptors (Lipinski definition) is 5. The highest BCUT2D eigenvalue weighted by atomic mass is 16.6. The van der Waals surface area contributed by atoms with Crippen LogP contribution in [0, 0.1) is 10.1 Å². The average molecular weight is 379 g/mol. The number of rotatable bonds is 9. The highest BCUT2D eigenvalue weighted by Crippen LogP contribution is 2.14. The third-order valence-corrected chi connectivity index (χ3v) is 3.67. The molecule has 27 heavy (non-hydrogen) atoms. The Bertz CT molecular complexity index is 638. The van der Waals surface area contributed by atoms with Crippen molar-refractivity contribution in [2.45, 2.75) is 65.0 Å². The second-order valence-electron chi connectivity index (χ2n) is 7.32. The molecule has 2 amide bonds. The van der Waals surface area contributed by atoms with Gasteiger partial charge in [-0.3, -0.25) is 14.9 Å². The van der Waals surface area contributed by atoms with Crippen molar-refractivity contribution in [1.82, 2.24) is 10.6 Å². The maximum atomic E-state index is 12.5. The second kappa shape index (κ2) is 10.5. The van der Waals surface area contributed by atoms with Crippen LogP contribution in [0.2, 0.25) is 0 Å². The molecule has 0 saturated carbocycles. The number of nitrogens with zero attached hydrogens (tertiary/aromatic N) is 1. The normalized spacial score (nSPS) is 12.1. The molecule has 0 aliphatic heterocycles. The maximum absolute atomic E-state index is 12.5. The average Bonchev–Trinajstić information content (AvgIpc) is 2.56. The number of carbonyl (C=O) groups excluding carboxylic acids is 2. The van der Waals surface area contributed by atoms with Crippen LogP contribution >= 0.6 is 0 Å². The zero-order chi connectivity index (χ0) is 20.4. The Kier molecular flexibility index (Phi) is 8.71. The number of carbonyl (C=O) groups is 2. The van der Waals surface area contributed by atoms with E-state index >= 15 is 0 Å². The van der Waals surface area contributed by atoms with Crippen LogP contribution < -0.4 is 10.6 Å². The van der Waals surface area contributed by atoms with E-state index in [-0.39, 0.29) is 18.0 Å². The van der Waals surface area contributed by atoms with E-state index in [9.17, 15) is 19.7 Å². The predicted molar refractivity (Wildman–Crippen MR) is 102 cm³/mol. The fourth-order valence-corrected chi connectivity index (χ4v) is 2.36. The molecule has 0 aromatic heterocycles. The quantitative estimate of drug-likeness (QED) is 0.388. The number of ether oxygens (including phenoxy) is 1. The lowest BCUT2D eigenvalue weighted by Gasteiger charge is -2.23. The van der Waals surface area contributed by atoms with Crippen molar-refractivity contribution in [3.05, 3.63) is 39.9 Å². The Labute approximate surface area is 159 Å². The van der Waals surface area contributed by atoms with E-state index < -0.39 is 22.7 Å². The summed E-state index contributed by atoms with van der Waals surface area (Å²) in [7, 11) is 0. The van der Waals surface area contributed by atoms with Crippen molar-refractivity contribution >= 4 is 17.7 Å². The molecule has 0 radical (unpaired) electrons. The summed E-state index contributed by atoms with van der Waals surface area (Å²) in [5, 5.41) is 16.2. The number of nitro groups is 1. The van der Waals surface area contributed by atoms with Crippen LogP contribution in [0.25, 0.3) is 0 Å². The number of alkyl carbamates (subject to hydrolysis) is 1. The minimum Gasteiger partial charge on any atom is -0.444 e. The third-order valence-electron chi connectivity index (χ3n) is 3.67. The molecule has 0 bridgehead atoms. The van der Waals surface area contributed by atoms with Crippen molar-refractivity contribution in [2.75, 3.05) is 6.54 Å². The van der Waals surface area contributed by atoms with Crippen molar-refractivity contribution < 1.29 is 19.2 Å². The smallest absolute Gasteiger partial charge is 0.408 e. The highest BCUT2D eigenvalue weighted by Gasteiger charge is 2.24. The molecule has 1 aromatic rings. The topological polar surface area (TPSA) is 111 Å². The fraction of sp³-hybridized carbons (Fsp3) is 0.579. The molecule has 8 heteroatoms. The van der Waals surface area contributed by atoms with Crippen molar-refractivity contribution in [1.29, 1.82) is 0 Å². The molecule has 1 rings (SSSR count). The molecule has 0 unspecified atom stereocenters. The zero-order valence-electron chi connectivity index (χ0n) is 16.4. The van der Waals surface area contributed by atoms with Gasteiger partial charge < -0.3 is 15.4 Å². The predicted octanol–water partition coefficient (Wildman–Crippen LogP) is 3.34. The van der Waals surface area contributed by atoms with E-state index in [4.69, 9.17) is 4.74 Å². The molecule has 8 nitrogen and oxygen atoms in total. The first-order valence-electron chi connectivity index (χ1n) is 9.13. The van der Waals surface area contributed by atoms with Gasteiger partial charge in [-0.2, -0.15) is 0 Å². The number of nitrogens with one attached hydrogen (secondary N) is 2. The van der Waals surface area contributed by atoms with Gasteiger partial charge in [-0.25, -0.2) is 4.79 Å². The Hall–Kier alpha value is -2.64. The Morgan fingerprint density at radius 3 is 2.33 bits per heavy atom. The van der Waals surface area contributed by atoms with E-state index in [0.29, 0.717) is 12.1 Å². The molecule has 2 N–H and O–H groups in total. The van der Waals surface area contributed by atoms with Crippen LogP contribution in [0.3, 0.4) is 0 Å². The van der Waals surface area contributed by atoms with Crippen LogP contribution in [0.5, 0.6) is 0 Å². The van der Waals surface area contributed by atoms with E-state index in [2.05, 4.69) is 17.6 Å². The lowest BCUT2D eigenvalue weighted by atomic mass is 10.0. The lowest BCUT2D eigenvalue weighted by Crippen LogP contribution is -2.49. The molecule has 0 saturated heterocycles. The van der Waals surface area contributed by atoms with Gasteiger partial charge in [0.1, 0.15) is 11.6 Å². The van der Waals surface area contributed by atoms with Gasteiger partial charge in [0.05, 0.1) is 4.92 Å². The minimum atomic E-state index is -0.831. The molecule has 0 aliphatic rings. The van der Waals surface area contributed by atoms with E-state index in [1.54, 1.807) is 32.9 Å². The Balaban J connectivity index is 2.80. The molecule has 0 heterocycles. The number of benzene rings is 1. The Morgan fingerprint density at radius 1 is 1.19 bits per heavy atom. The molecule has 0 spiro atoms. The minimum absolute atomic E-state index is 0.0283. The summed E-state index contributed by atoms with van der Waals surface area (Å²) in [6.45, 7) is 7.82. The summed E-state index contributed by atoms with van der Waals surface area (Å²) in [6.07, 6.45) is 2.43. The molecule has 150 valence electrons. The van der Waals surface area contributed by atoms with Gasteiger partial charge in [0, 0.05) is 25.1 Å². The van der Waals surface area contributed by atoms with Crippen LogP contribution in [-0.2, 0) is 16.0 Å². The van der Waals surface area contributed by atoms with Gasteiger partial charge in [0.2, 0.25) is 5.91 Å². The van der Waals surface area contributed by atoms with Crippen molar-refractivity contribution in [2.24, 2.45) is 0 Å². The van der Waals surface area contributed by atoms with E-state index in [1.807, 2.05) is 0 Å². The number of unbranched alkanes of at least 4 members (excludes halogenated alkanes) is 2. The van der Waals surface area contributed by atoms with Gasteiger partial charge in [-0.1, -0.05) is 31.9 Å². The number of hydrogen-bond donors (Lipinski definition) is 2. The lowest BCUT2D eigenvalue weighted by molar-refractivity contribution is -0.384. The number of nitro benzene ring substituents is 1. The molecule has 1 aromatic carbocycles. The van der Waals surface area contributed by atoms with Crippen molar-refractivity contribution in [3.63, 3.8) is 0 Å². The molecular weight excluding hydrogens is 350 g/mol. The first kappa shape index (κ1) is 22.4. The first-order valence-corrected chi connectivity index (χ1v) is 9.13. The van der Waals surface area contributed by atoms with Gasteiger partial charge in [0.25, 0.3) is 5.69 Å². The van der Waals surface area contributed by atoms with E-state index in [1.165, 1.54) is 12.1 Å². The monoisotopic (exact) mass is 379 g/mol. The van der Waals surface area contributed by atoms with Crippen LogP contribution in [0.4, 0.5) is 10.5 Å². The molecule has 0 fully saturated rings. The molecular formula is C19H29N3O5. The summed E-state index contributed by atoms with van der Waals surface area (Å²) >= 11 is 0. The highest BCUT2D eigenvalue weighted by molar-refractivity contribution is 5.86. The molecule has 1 atom stereocenters. The zero-order valence-corrected chi connectivity index (χ0v) is 16.4. The SMILES string of the molecule is CCCCCNC(=O)[C@@H](Cc1ccc([N+](=O)[O-])cc1)NC(=O)OC(C)(C)C. The summed E-state index contributed by atoms with van der Waals surface area (Å²) in [5.41, 5.74) is -0.00986. The van der Waals surface area contributed by atoms with Crippen LogP contribution in [0.15, 0.2) is 24.3 Å². The van der Waals surface area contributed by atoms with Crippen molar-refractivity contribution in [3.8, 4) is 0 Å².